The van der Waals surface area contributed by atoms with Crippen LogP contribution in [0.4, 0.5) is 0 Å². The summed E-state index contributed by atoms with van der Waals surface area (Å²) in [6, 6.07) is 19.4. The van der Waals surface area contributed by atoms with Crippen LogP contribution in [0.25, 0.3) is 6.08 Å². The van der Waals surface area contributed by atoms with Crippen LogP contribution in [0.5, 0.6) is 0 Å². The van der Waals surface area contributed by atoms with Gasteiger partial charge in [-0.05, 0) is 35.4 Å². The normalized spacial score (nSPS) is 11.3. The molecule has 0 aliphatic rings. The molecule has 0 saturated carbocycles. The first-order chi connectivity index (χ1) is 9.24. The lowest BCUT2D eigenvalue weighted by Crippen LogP contribution is -1.93. The molecular weight excluding hydrogens is 228 g/mol. The van der Waals surface area contributed by atoms with Crippen molar-refractivity contribution >= 4 is 6.08 Å². The van der Waals surface area contributed by atoms with Crippen LogP contribution in [0.1, 0.15) is 30.5 Å². The van der Waals surface area contributed by atoms with Gasteiger partial charge in [-0.2, -0.15) is 0 Å². The Balaban J connectivity index is 1.92. The van der Waals surface area contributed by atoms with E-state index in [-0.39, 0.29) is 0 Å². The van der Waals surface area contributed by atoms with Gasteiger partial charge in [0, 0.05) is 0 Å². The van der Waals surface area contributed by atoms with E-state index in [0.29, 0.717) is 0 Å². The van der Waals surface area contributed by atoms with Gasteiger partial charge in [0.15, 0.2) is 0 Å². The van der Waals surface area contributed by atoms with Gasteiger partial charge < -0.3 is 0 Å². The van der Waals surface area contributed by atoms with E-state index in [1.165, 1.54) is 16.7 Å². The van der Waals surface area contributed by atoms with Crippen LogP contribution >= 0.6 is 0 Å². The Morgan fingerprint density at radius 1 is 0.842 bits per heavy atom. The Morgan fingerprint density at radius 3 is 2.16 bits per heavy atom. The topological polar surface area (TPSA) is 0 Å². The van der Waals surface area contributed by atoms with Gasteiger partial charge in [0.05, 0.1) is 0 Å². The van der Waals surface area contributed by atoms with Crippen molar-refractivity contribution in [1.29, 1.82) is 0 Å². The summed E-state index contributed by atoms with van der Waals surface area (Å²) >= 11 is 0. The molecule has 2 rings (SSSR count). The first kappa shape index (κ1) is 13.6. The fourth-order valence-electron chi connectivity index (χ4n) is 2.18. The average molecular weight is 250 g/mol. The van der Waals surface area contributed by atoms with E-state index in [2.05, 4.69) is 80.6 Å². The van der Waals surface area contributed by atoms with E-state index in [1.807, 2.05) is 0 Å². The molecule has 0 saturated heterocycles. The van der Waals surface area contributed by atoms with Gasteiger partial charge in [-0.3, -0.25) is 0 Å². The molecule has 0 aromatic heterocycles. The lowest BCUT2D eigenvalue weighted by atomic mass is 10.0. The third kappa shape index (κ3) is 4.75. The number of benzene rings is 2. The molecule has 0 amide bonds. The summed E-state index contributed by atoms with van der Waals surface area (Å²) in [4.78, 5) is 0. The minimum absolute atomic E-state index is 0.722. The fraction of sp³-hybridized carbons (Fsp3) is 0.263. The second-order valence-electron chi connectivity index (χ2n) is 5.43. The quantitative estimate of drug-likeness (QED) is 0.689. The molecule has 0 N–H and O–H groups in total. The van der Waals surface area contributed by atoms with E-state index in [1.54, 1.807) is 0 Å². The van der Waals surface area contributed by atoms with E-state index in [0.717, 1.165) is 18.8 Å². The molecule has 0 atom stereocenters. The number of rotatable bonds is 5. The lowest BCUT2D eigenvalue weighted by molar-refractivity contribution is 0.647. The van der Waals surface area contributed by atoms with Gasteiger partial charge in [0.2, 0.25) is 0 Å². The molecule has 98 valence electrons. The summed E-state index contributed by atoms with van der Waals surface area (Å²) in [5, 5.41) is 0. The SMILES string of the molecule is CC(C)Cc1ccc(/C=C\Cc2ccccc2)cc1. The third-order valence-corrected chi connectivity index (χ3v) is 3.13. The molecule has 0 nitrogen and oxygen atoms in total. The summed E-state index contributed by atoms with van der Waals surface area (Å²) in [5.74, 6) is 0.722. The Labute approximate surface area is 116 Å². The molecule has 2 aromatic carbocycles. The van der Waals surface area contributed by atoms with Gasteiger partial charge >= 0.3 is 0 Å². The van der Waals surface area contributed by atoms with Crippen molar-refractivity contribution in [2.75, 3.05) is 0 Å². The molecule has 0 aliphatic heterocycles. The molecule has 0 radical (unpaired) electrons. The van der Waals surface area contributed by atoms with Crippen LogP contribution in [0, 0.1) is 5.92 Å². The maximum atomic E-state index is 2.26. The lowest BCUT2D eigenvalue weighted by Gasteiger charge is -2.04. The van der Waals surface area contributed by atoms with Gasteiger partial charge in [-0.25, -0.2) is 0 Å². The number of hydrogen-bond acceptors (Lipinski definition) is 0. The van der Waals surface area contributed by atoms with Crippen LogP contribution in [-0.2, 0) is 12.8 Å². The molecule has 0 spiro atoms. The van der Waals surface area contributed by atoms with E-state index in [9.17, 15) is 0 Å². The molecule has 0 bridgehead atoms. The highest BCUT2D eigenvalue weighted by Gasteiger charge is 1.96. The predicted octanol–water partition coefficient (Wildman–Crippen LogP) is 5.14. The van der Waals surface area contributed by atoms with Gasteiger partial charge in [-0.15, -0.1) is 0 Å². The Hall–Kier alpha value is -1.82. The zero-order valence-electron chi connectivity index (χ0n) is 11.8. The summed E-state index contributed by atoms with van der Waals surface area (Å²) in [6.45, 7) is 4.52. The van der Waals surface area contributed by atoms with E-state index < -0.39 is 0 Å². The zero-order chi connectivity index (χ0) is 13.5. The van der Waals surface area contributed by atoms with Crippen molar-refractivity contribution in [3.05, 3.63) is 77.4 Å². The summed E-state index contributed by atoms with van der Waals surface area (Å²) in [5.41, 5.74) is 4.06. The largest absolute Gasteiger partial charge is 0.0795 e. The van der Waals surface area contributed by atoms with Crippen molar-refractivity contribution in [3.63, 3.8) is 0 Å². The Morgan fingerprint density at radius 2 is 1.53 bits per heavy atom. The molecular formula is C19H22. The average Bonchev–Trinajstić information content (AvgIpc) is 2.41. The zero-order valence-corrected chi connectivity index (χ0v) is 11.8. The van der Waals surface area contributed by atoms with Gasteiger partial charge in [0.25, 0.3) is 0 Å². The van der Waals surface area contributed by atoms with Crippen molar-refractivity contribution in [1.82, 2.24) is 0 Å². The number of allylic oxidation sites excluding steroid dienone is 1. The predicted molar refractivity (Wildman–Crippen MR) is 84.2 cm³/mol. The molecule has 0 heterocycles. The highest BCUT2D eigenvalue weighted by Crippen LogP contribution is 2.11. The van der Waals surface area contributed by atoms with Crippen molar-refractivity contribution < 1.29 is 0 Å². The third-order valence-electron chi connectivity index (χ3n) is 3.13. The maximum absolute atomic E-state index is 2.26. The van der Waals surface area contributed by atoms with Crippen LogP contribution < -0.4 is 0 Å². The highest BCUT2D eigenvalue weighted by molar-refractivity contribution is 5.50. The van der Waals surface area contributed by atoms with Crippen LogP contribution in [-0.4, -0.2) is 0 Å². The molecule has 0 heteroatoms. The van der Waals surface area contributed by atoms with Crippen molar-refractivity contribution in [3.8, 4) is 0 Å². The van der Waals surface area contributed by atoms with Crippen molar-refractivity contribution in [2.45, 2.75) is 26.7 Å². The van der Waals surface area contributed by atoms with Crippen LogP contribution in [0.3, 0.4) is 0 Å². The summed E-state index contributed by atoms with van der Waals surface area (Å²) in [6.07, 6.45) is 6.58. The molecule has 0 fully saturated rings. The summed E-state index contributed by atoms with van der Waals surface area (Å²) < 4.78 is 0. The number of hydrogen-bond donors (Lipinski definition) is 0. The van der Waals surface area contributed by atoms with Crippen molar-refractivity contribution in [2.24, 2.45) is 5.92 Å². The summed E-state index contributed by atoms with van der Waals surface area (Å²) in [7, 11) is 0. The maximum Gasteiger partial charge on any atom is -0.00941 e. The highest BCUT2D eigenvalue weighted by atomic mass is 14.0. The molecule has 2 aromatic rings. The van der Waals surface area contributed by atoms with Gasteiger partial charge in [-0.1, -0.05) is 80.6 Å². The van der Waals surface area contributed by atoms with E-state index >= 15 is 0 Å². The van der Waals surface area contributed by atoms with Crippen LogP contribution in [0.2, 0.25) is 0 Å². The van der Waals surface area contributed by atoms with E-state index in [4.69, 9.17) is 0 Å². The molecule has 19 heavy (non-hydrogen) atoms. The monoisotopic (exact) mass is 250 g/mol. The molecule has 0 unspecified atom stereocenters. The Bertz CT molecular complexity index is 503. The minimum atomic E-state index is 0.722. The smallest absolute Gasteiger partial charge is 0.00941 e. The fourth-order valence-corrected chi connectivity index (χ4v) is 2.18. The molecule has 0 aliphatic carbocycles. The second kappa shape index (κ2) is 6.94. The Kier molecular flexibility index (Phi) is 4.97. The first-order valence-corrected chi connectivity index (χ1v) is 7.03. The van der Waals surface area contributed by atoms with Crippen LogP contribution in [0.15, 0.2) is 60.7 Å². The second-order valence-corrected chi connectivity index (χ2v) is 5.43. The standard InChI is InChI=1S/C19H22/c1-16(2)15-19-13-11-18(12-14-19)10-6-9-17-7-4-3-5-8-17/h3-8,10-14,16H,9,15H2,1-2H3/b10-6-. The minimum Gasteiger partial charge on any atom is -0.0795 e. The first-order valence-electron chi connectivity index (χ1n) is 7.03. The van der Waals surface area contributed by atoms with Gasteiger partial charge in [0.1, 0.15) is 0 Å².